The third kappa shape index (κ3) is 3.06. The van der Waals surface area contributed by atoms with Crippen LogP contribution in [0.2, 0.25) is 0 Å². The van der Waals surface area contributed by atoms with Crippen molar-refractivity contribution in [1.82, 2.24) is 10.2 Å². The SMILES string of the molecule is Cc1cccc(C(=O)N(C)C2CC3CCC(C2)N3)c1F.Cl. The van der Waals surface area contributed by atoms with Gasteiger partial charge in [-0.05, 0) is 44.2 Å². The molecule has 0 saturated carbocycles. The predicted molar refractivity (Wildman–Crippen MR) is 83.4 cm³/mol. The second-order valence-electron chi connectivity index (χ2n) is 6.12. The van der Waals surface area contributed by atoms with Crippen molar-refractivity contribution in [3.63, 3.8) is 0 Å². The van der Waals surface area contributed by atoms with Gasteiger partial charge in [0.2, 0.25) is 0 Å². The summed E-state index contributed by atoms with van der Waals surface area (Å²) >= 11 is 0. The van der Waals surface area contributed by atoms with E-state index in [4.69, 9.17) is 0 Å². The van der Waals surface area contributed by atoms with Gasteiger partial charge in [-0.25, -0.2) is 4.39 Å². The van der Waals surface area contributed by atoms with Crippen molar-refractivity contribution in [3.05, 3.63) is 35.1 Å². The van der Waals surface area contributed by atoms with E-state index in [9.17, 15) is 9.18 Å². The fraction of sp³-hybridized carbons (Fsp3) is 0.562. The van der Waals surface area contributed by atoms with Crippen LogP contribution in [0.3, 0.4) is 0 Å². The summed E-state index contributed by atoms with van der Waals surface area (Å²) in [5, 5.41) is 3.56. The van der Waals surface area contributed by atoms with E-state index in [1.807, 2.05) is 0 Å². The van der Waals surface area contributed by atoms with Crippen molar-refractivity contribution in [2.45, 2.75) is 50.7 Å². The zero-order valence-electron chi connectivity index (χ0n) is 12.4. The molecule has 0 spiro atoms. The van der Waals surface area contributed by atoms with Gasteiger partial charge in [0.1, 0.15) is 5.82 Å². The molecule has 3 rings (SSSR count). The highest BCUT2D eigenvalue weighted by molar-refractivity contribution is 5.94. The Morgan fingerprint density at radius 2 is 1.90 bits per heavy atom. The molecule has 3 nitrogen and oxygen atoms in total. The summed E-state index contributed by atoms with van der Waals surface area (Å²) in [6, 6.07) is 6.29. The molecule has 1 aromatic rings. The number of nitrogens with one attached hydrogen (secondary N) is 1. The molecule has 2 unspecified atom stereocenters. The van der Waals surface area contributed by atoms with Gasteiger partial charge in [-0.3, -0.25) is 4.79 Å². The van der Waals surface area contributed by atoms with Gasteiger partial charge < -0.3 is 10.2 Å². The molecular formula is C16H22ClFN2O. The molecule has 2 heterocycles. The number of nitrogens with zero attached hydrogens (tertiary/aromatic N) is 1. The van der Waals surface area contributed by atoms with Gasteiger partial charge in [-0.15, -0.1) is 12.4 Å². The number of carbonyl (C=O) groups is 1. The largest absolute Gasteiger partial charge is 0.339 e. The molecule has 2 bridgehead atoms. The van der Waals surface area contributed by atoms with Gasteiger partial charge in [0.15, 0.2) is 0 Å². The molecule has 116 valence electrons. The topological polar surface area (TPSA) is 32.3 Å². The van der Waals surface area contributed by atoms with E-state index in [1.54, 1.807) is 37.1 Å². The first-order valence-corrected chi connectivity index (χ1v) is 7.34. The maximum absolute atomic E-state index is 14.1. The fourth-order valence-electron chi connectivity index (χ4n) is 3.51. The van der Waals surface area contributed by atoms with Gasteiger partial charge in [0.25, 0.3) is 5.91 Å². The van der Waals surface area contributed by atoms with Crippen molar-refractivity contribution in [3.8, 4) is 0 Å². The smallest absolute Gasteiger partial charge is 0.256 e. The van der Waals surface area contributed by atoms with E-state index in [2.05, 4.69) is 5.32 Å². The Morgan fingerprint density at radius 1 is 1.29 bits per heavy atom. The molecule has 0 aliphatic carbocycles. The minimum absolute atomic E-state index is 0. The number of hydrogen-bond donors (Lipinski definition) is 1. The molecule has 2 atom stereocenters. The molecule has 1 N–H and O–H groups in total. The zero-order chi connectivity index (χ0) is 14.3. The number of carbonyl (C=O) groups excluding carboxylic acids is 1. The molecule has 21 heavy (non-hydrogen) atoms. The molecule has 2 saturated heterocycles. The minimum Gasteiger partial charge on any atom is -0.339 e. The maximum atomic E-state index is 14.1. The number of aryl methyl sites for hydroxylation is 1. The molecule has 2 aliphatic rings. The second kappa shape index (κ2) is 6.32. The number of benzene rings is 1. The fourth-order valence-corrected chi connectivity index (χ4v) is 3.51. The number of halogens is 2. The highest BCUT2D eigenvalue weighted by atomic mass is 35.5. The molecule has 1 aromatic carbocycles. The highest BCUT2D eigenvalue weighted by Gasteiger charge is 2.36. The predicted octanol–water partition coefficient (Wildman–Crippen LogP) is 2.91. The van der Waals surface area contributed by atoms with Crippen molar-refractivity contribution < 1.29 is 9.18 Å². The normalized spacial score (nSPS) is 27.1. The van der Waals surface area contributed by atoms with Crippen LogP contribution < -0.4 is 5.32 Å². The van der Waals surface area contributed by atoms with Crippen LogP contribution in [-0.4, -0.2) is 36.0 Å². The van der Waals surface area contributed by atoms with E-state index in [-0.39, 0.29) is 35.7 Å². The number of piperidine rings is 1. The lowest BCUT2D eigenvalue weighted by molar-refractivity contribution is 0.0677. The van der Waals surface area contributed by atoms with Crippen molar-refractivity contribution in [2.75, 3.05) is 7.05 Å². The summed E-state index contributed by atoms with van der Waals surface area (Å²) in [4.78, 5) is 14.3. The quantitative estimate of drug-likeness (QED) is 0.910. The van der Waals surface area contributed by atoms with Crippen LogP contribution in [0.5, 0.6) is 0 Å². The van der Waals surface area contributed by atoms with Crippen LogP contribution in [0.1, 0.15) is 41.6 Å². The molecule has 5 heteroatoms. The van der Waals surface area contributed by atoms with Crippen LogP contribution in [0.15, 0.2) is 18.2 Å². The Labute approximate surface area is 131 Å². The third-order valence-electron chi connectivity index (χ3n) is 4.74. The van der Waals surface area contributed by atoms with Crippen molar-refractivity contribution in [2.24, 2.45) is 0 Å². The molecule has 2 fully saturated rings. The lowest BCUT2D eigenvalue weighted by Gasteiger charge is -2.35. The molecule has 0 aromatic heterocycles. The standard InChI is InChI=1S/C16H21FN2O.ClH/c1-10-4-3-5-14(15(10)17)16(20)19(2)13-8-11-6-7-12(9-13)18-11;/h3-5,11-13,18H,6-9H2,1-2H3;1H. The molecule has 0 radical (unpaired) electrons. The minimum atomic E-state index is -0.388. The monoisotopic (exact) mass is 312 g/mol. The van der Waals surface area contributed by atoms with E-state index >= 15 is 0 Å². The van der Waals surface area contributed by atoms with Crippen LogP contribution >= 0.6 is 12.4 Å². The summed E-state index contributed by atoms with van der Waals surface area (Å²) in [7, 11) is 1.81. The maximum Gasteiger partial charge on any atom is 0.256 e. The summed E-state index contributed by atoms with van der Waals surface area (Å²) in [6.45, 7) is 1.69. The average Bonchev–Trinajstić information content (AvgIpc) is 2.79. The zero-order valence-corrected chi connectivity index (χ0v) is 13.3. The van der Waals surface area contributed by atoms with E-state index in [0.29, 0.717) is 17.6 Å². The highest BCUT2D eigenvalue weighted by Crippen LogP contribution is 2.30. The van der Waals surface area contributed by atoms with Gasteiger partial charge in [-0.2, -0.15) is 0 Å². The van der Waals surface area contributed by atoms with E-state index in [0.717, 1.165) is 12.8 Å². The van der Waals surface area contributed by atoms with Crippen LogP contribution in [0.25, 0.3) is 0 Å². The Morgan fingerprint density at radius 3 is 2.52 bits per heavy atom. The van der Waals surface area contributed by atoms with Gasteiger partial charge in [0.05, 0.1) is 5.56 Å². The molecule has 1 amide bonds. The van der Waals surface area contributed by atoms with Crippen molar-refractivity contribution >= 4 is 18.3 Å². The van der Waals surface area contributed by atoms with Gasteiger partial charge in [-0.1, -0.05) is 12.1 Å². The lowest BCUT2D eigenvalue weighted by Crippen LogP contribution is -2.48. The first-order chi connectivity index (χ1) is 9.56. The number of fused-ring (bicyclic) bond motifs is 2. The van der Waals surface area contributed by atoms with Gasteiger partial charge >= 0.3 is 0 Å². The number of rotatable bonds is 2. The molecular weight excluding hydrogens is 291 g/mol. The van der Waals surface area contributed by atoms with E-state index in [1.165, 1.54) is 12.8 Å². The van der Waals surface area contributed by atoms with Crippen LogP contribution in [-0.2, 0) is 0 Å². The first-order valence-electron chi connectivity index (χ1n) is 7.34. The number of amides is 1. The van der Waals surface area contributed by atoms with Crippen LogP contribution in [0, 0.1) is 12.7 Å². The number of hydrogen-bond acceptors (Lipinski definition) is 2. The van der Waals surface area contributed by atoms with E-state index < -0.39 is 0 Å². The summed E-state index contributed by atoms with van der Waals surface area (Å²) in [6.07, 6.45) is 4.35. The van der Waals surface area contributed by atoms with Crippen molar-refractivity contribution in [1.29, 1.82) is 0 Å². The first kappa shape index (κ1) is 16.2. The third-order valence-corrected chi connectivity index (χ3v) is 4.74. The summed E-state index contributed by atoms with van der Waals surface area (Å²) in [5.74, 6) is -0.584. The Kier molecular flexibility index (Phi) is 4.89. The summed E-state index contributed by atoms with van der Waals surface area (Å²) in [5.41, 5.74) is 0.716. The Balaban J connectivity index is 0.00000161. The Bertz CT molecular complexity index is 525. The summed E-state index contributed by atoms with van der Waals surface area (Å²) < 4.78 is 14.1. The van der Waals surface area contributed by atoms with Gasteiger partial charge in [0, 0.05) is 25.2 Å². The van der Waals surface area contributed by atoms with Crippen LogP contribution in [0.4, 0.5) is 4.39 Å². The molecule has 2 aliphatic heterocycles. The Hall–Kier alpha value is -1.13. The average molecular weight is 313 g/mol. The lowest BCUT2D eigenvalue weighted by atomic mass is 9.97. The second-order valence-corrected chi connectivity index (χ2v) is 6.12.